The van der Waals surface area contributed by atoms with Gasteiger partial charge in [-0.1, -0.05) is 24.3 Å². The lowest BCUT2D eigenvalue weighted by atomic mass is 9.98. The summed E-state index contributed by atoms with van der Waals surface area (Å²) in [5.41, 5.74) is 0.369. The smallest absolute Gasteiger partial charge is 0.417 e. The number of halogens is 3. The number of carbonyl (C=O) groups is 1. The van der Waals surface area contributed by atoms with E-state index in [2.05, 4.69) is 4.98 Å². The molecule has 0 aliphatic rings. The van der Waals surface area contributed by atoms with Crippen molar-refractivity contribution in [1.82, 2.24) is 4.98 Å². The molecule has 3 rings (SSSR count). The summed E-state index contributed by atoms with van der Waals surface area (Å²) in [6.45, 7) is 1.56. The third-order valence-electron chi connectivity index (χ3n) is 3.90. The minimum absolute atomic E-state index is 0.0768. The molecule has 0 spiro atoms. The van der Waals surface area contributed by atoms with Gasteiger partial charge in [0, 0.05) is 16.5 Å². The van der Waals surface area contributed by atoms with Gasteiger partial charge in [0.15, 0.2) is 0 Å². The standard InChI is InChI=1S/C19H14F3NO2S/c1-11(18(24)25)26-17-8-9-23-16-7-6-12(10-14(16)17)13-4-2-3-5-15(13)19(20,21)22/h2-11H,1H3,(H,24,25). The number of aromatic nitrogens is 1. The largest absolute Gasteiger partial charge is 0.480 e. The van der Waals surface area contributed by atoms with Crippen LogP contribution in [0.25, 0.3) is 22.0 Å². The lowest BCUT2D eigenvalue weighted by molar-refractivity contribution is -0.137. The van der Waals surface area contributed by atoms with Gasteiger partial charge in [-0.05, 0) is 42.3 Å². The molecule has 0 fully saturated rings. The Morgan fingerprint density at radius 3 is 2.58 bits per heavy atom. The average Bonchev–Trinajstić information content (AvgIpc) is 2.61. The topological polar surface area (TPSA) is 50.2 Å². The van der Waals surface area contributed by atoms with Crippen molar-refractivity contribution < 1.29 is 23.1 Å². The fourth-order valence-electron chi connectivity index (χ4n) is 2.61. The Morgan fingerprint density at radius 1 is 1.15 bits per heavy atom. The zero-order valence-corrected chi connectivity index (χ0v) is 14.4. The number of rotatable bonds is 4. The maximum Gasteiger partial charge on any atom is 0.417 e. The zero-order valence-electron chi connectivity index (χ0n) is 13.6. The van der Waals surface area contributed by atoms with Crippen molar-refractivity contribution in [3.63, 3.8) is 0 Å². The molecular weight excluding hydrogens is 363 g/mol. The van der Waals surface area contributed by atoms with Crippen molar-refractivity contribution in [1.29, 1.82) is 0 Å². The van der Waals surface area contributed by atoms with Crippen molar-refractivity contribution >= 4 is 28.6 Å². The van der Waals surface area contributed by atoms with E-state index in [4.69, 9.17) is 5.11 Å². The number of fused-ring (bicyclic) bond motifs is 1. The van der Waals surface area contributed by atoms with Crippen molar-refractivity contribution in [3.05, 3.63) is 60.3 Å². The SMILES string of the molecule is CC(Sc1ccnc2ccc(-c3ccccc3C(F)(F)F)cc12)C(=O)O. The van der Waals surface area contributed by atoms with E-state index in [-0.39, 0.29) is 5.56 Å². The molecule has 0 bridgehead atoms. The molecule has 0 aliphatic heterocycles. The molecular formula is C19H14F3NO2S. The molecule has 1 aromatic heterocycles. The maximum atomic E-state index is 13.3. The Bertz CT molecular complexity index is 972. The number of aliphatic carboxylic acids is 1. The van der Waals surface area contributed by atoms with Gasteiger partial charge in [-0.2, -0.15) is 13.2 Å². The monoisotopic (exact) mass is 377 g/mol. The highest BCUT2D eigenvalue weighted by Gasteiger charge is 2.33. The molecule has 134 valence electrons. The van der Waals surface area contributed by atoms with Crippen LogP contribution in [0.2, 0.25) is 0 Å². The lowest BCUT2D eigenvalue weighted by Crippen LogP contribution is -2.11. The second-order valence-corrected chi connectivity index (χ2v) is 7.07. The molecule has 7 heteroatoms. The molecule has 26 heavy (non-hydrogen) atoms. The third kappa shape index (κ3) is 3.67. The number of pyridine rings is 1. The number of thioether (sulfide) groups is 1. The molecule has 0 aliphatic carbocycles. The number of benzene rings is 2. The Morgan fingerprint density at radius 2 is 1.88 bits per heavy atom. The average molecular weight is 377 g/mol. The van der Waals surface area contributed by atoms with E-state index in [1.807, 2.05) is 0 Å². The molecule has 3 nitrogen and oxygen atoms in total. The number of hydrogen-bond acceptors (Lipinski definition) is 3. The fraction of sp³-hybridized carbons (Fsp3) is 0.158. The molecule has 1 heterocycles. The molecule has 0 saturated carbocycles. The first-order valence-electron chi connectivity index (χ1n) is 7.72. The van der Waals surface area contributed by atoms with E-state index in [1.165, 1.54) is 12.1 Å². The fourth-order valence-corrected chi connectivity index (χ4v) is 3.53. The summed E-state index contributed by atoms with van der Waals surface area (Å²) >= 11 is 1.13. The number of carboxylic acid groups (broad SMARTS) is 1. The van der Waals surface area contributed by atoms with Crippen LogP contribution < -0.4 is 0 Å². The van der Waals surface area contributed by atoms with Gasteiger partial charge in [-0.25, -0.2) is 0 Å². The van der Waals surface area contributed by atoms with E-state index in [1.54, 1.807) is 43.5 Å². The normalized spacial score (nSPS) is 12.9. The zero-order chi connectivity index (χ0) is 18.9. The summed E-state index contributed by atoms with van der Waals surface area (Å²) in [6, 6.07) is 11.9. The maximum absolute atomic E-state index is 13.3. The van der Waals surface area contributed by atoms with Crippen LogP contribution in [0.1, 0.15) is 12.5 Å². The molecule has 2 aromatic carbocycles. The highest BCUT2D eigenvalue weighted by Crippen LogP contribution is 2.39. The second kappa shape index (κ2) is 6.99. The summed E-state index contributed by atoms with van der Waals surface area (Å²) < 4.78 is 39.9. The first-order valence-corrected chi connectivity index (χ1v) is 8.60. The Kier molecular flexibility index (Phi) is 4.91. The first kappa shape index (κ1) is 18.3. The van der Waals surface area contributed by atoms with Crippen LogP contribution in [-0.2, 0) is 11.0 Å². The van der Waals surface area contributed by atoms with Crippen LogP contribution in [0, 0.1) is 0 Å². The van der Waals surface area contributed by atoms with E-state index in [9.17, 15) is 18.0 Å². The van der Waals surface area contributed by atoms with Crippen LogP contribution in [0.15, 0.2) is 59.6 Å². The van der Waals surface area contributed by atoms with Gasteiger partial charge in [0.25, 0.3) is 0 Å². The minimum atomic E-state index is -4.46. The minimum Gasteiger partial charge on any atom is -0.480 e. The molecule has 1 unspecified atom stereocenters. The summed E-state index contributed by atoms with van der Waals surface area (Å²) in [7, 11) is 0. The van der Waals surface area contributed by atoms with Crippen molar-refractivity contribution in [3.8, 4) is 11.1 Å². The van der Waals surface area contributed by atoms with Gasteiger partial charge in [0.1, 0.15) is 5.25 Å². The molecule has 1 N–H and O–H groups in total. The Balaban J connectivity index is 2.14. The molecule has 0 amide bonds. The van der Waals surface area contributed by atoms with Crippen LogP contribution in [0.3, 0.4) is 0 Å². The lowest BCUT2D eigenvalue weighted by Gasteiger charge is -2.14. The number of alkyl halides is 3. The quantitative estimate of drug-likeness (QED) is 0.611. The third-order valence-corrected chi connectivity index (χ3v) is 5.06. The van der Waals surface area contributed by atoms with Crippen molar-refractivity contribution in [2.75, 3.05) is 0 Å². The molecule has 1 atom stereocenters. The molecule has 0 saturated heterocycles. The van der Waals surface area contributed by atoms with Gasteiger partial charge < -0.3 is 5.11 Å². The number of nitrogens with zero attached hydrogens (tertiary/aromatic N) is 1. The number of carboxylic acids is 1. The highest BCUT2D eigenvalue weighted by atomic mass is 32.2. The van der Waals surface area contributed by atoms with Gasteiger partial charge in [-0.3, -0.25) is 9.78 Å². The van der Waals surface area contributed by atoms with E-state index < -0.39 is 23.0 Å². The summed E-state index contributed by atoms with van der Waals surface area (Å²) in [5.74, 6) is -0.960. The predicted octanol–water partition coefficient (Wildman–Crippen LogP) is 5.49. The van der Waals surface area contributed by atoms with E-state index in [0.29, 0.717) is 21.4 Å². The first-order chi connectivity index (χ1) is 12.3. The Hall–Kier alpha value is -2.54. The van der Waals surface area contributed by atoms with E-state index in [0.717, 1.165) is 17.8 Å². The van der Waals surface area contributed by atoms with Crippen LogP contribution in [0.5, 0.6) is 0 Å². The highest BCUT2D eigenvalue weighted by molar-refractivity contribution is 8.00. The summed E-state index contributed by atoms with van der Waals surface area (Å²) in [5, 5.41) is 9.05. The van der Waals surface area contributed by atoms with Gasteiger partial charge in [0.2, 0.25) is 0 Å². The second-order valence-electron chi connectivity index (χ2n) is 5.68. The van der Waals surface area contributed by atoms with Crippen LogP contribution in [-0.4, -0.2) is 21.3 Å². The number of hydrogen-bond donors (Lipinski definition) is 1. The Labute approximate surface area is 151 Å². The molecule has 0 radical (unpaired) electrons. The molecule has 3 aromatic rings. The van der Waals surface area contributed by atoms with Crippen LogP contribution in [0.4, 0.5) is 13.2 Å². The van der Waals surface area contributed by atoms with Crippen molar-refractivity contribution in [2.45, 2.75) is 23.2 Å². The van der Waals surface area contributed by atoms with Crippen LogP contribution >= 0.6 is 11.8 Å². The van der Waals surface area contributed by atoms with E-state index >= 15 is 0 Å². The summed E-state index contributed by atoms with van der Waals surface area (Å²) in [6.07, 6.45) is -2.90. The summed E-state index contributed by atoms with van der Waals surface area (Å²) in [4.78, 5) is 16.0. The predicted molar refractivity (Wildman–Crippen MR) is 95.1 cm³/mol. The van der Waals surface area contributed by atoms with Crippen molar-refractivity contribution in [2.24, 2.45) is 0 Å². The van der Waals surface area contributed by atoms with Gasteiger partial charge in [0.05, 0.1) is 11.1 Å². The van der Waals surface area contributed by atoms with Gasteiger partial charge >= 0.3 is 12.1 Å². The van der Waals surface area contributed by atoms with Gasteiger partial charge in [-0.15, -0.1) is 11.8 Å².